The molecule has 0 bridgehead atoms. The summed E-state index contributed by atoms with van der Waals surface area (Å²) in [6, 6.07) is 0. The maximum absolute atomic E-state index is 2.95. The van der Waals surface area contributed by atoms with Crippen molar-refractivity contribution >= 4 is 215 Å². The number of hydrogen-bond donors (Lipinski definition) is 0. The zero-order valence-electron chi connectivity index (χ0n) is 35.4. The van der Waals surface area contributed by atoms with Gasteiger partial charge in [-0.1, -0.05) is 34.6 Å². The van der Waals surface area contributed by atoms with Crippen LogP contribution in [-0.2, 0) is 27.1 Å². The Kier molecular flexibility index (Phi) is 1.96. The normalized spacial score (nSPS) is 37.2. The minimum Gasteiger partial charge on any atom is -0.0511 e. The first-order valence-electron chi connectivity index (χ1n) is 25.6. The molecule has 0 saturated heterocycles. The van der Waals surface area contributed by atoms with Gasteiger partial charge in [0.2, 0.25) is 0 Å². The molecule has 0 atom stereocenters. The van der Waals surface area contributed by atoms with Crippen molar-refractivity contribution < 1.29 is 0 Å². The third-order valence-corrected chi connectivity index (χ3v) is 28.0. The van der Waals surface area contributed by atoms with Gasteiger partial charge in [-0.25, -0.2) is 0 Å². The van der Waals surface area contributed by atoms with Crippen LogP contribution in [0.5, 0.6) is 0 Å². The van der Waals surface area contributed by atoms with Crippen molar-refractivity contribution in [1.82, 2.24) is 0 Å². The van der Waals surface area contributed by atoms with E-state index in [0.29, 0.717) is 29.6 Å². The smallest absolute Gasteiger partial charge is 0.0228 e. The second kappa shape index (κ2) is 5.17. The van der Waals surface area contributed by atoms with E-state index < -0.39 is 0 Å². The second-order valence-corrected chi connectivity index (χ2v) is 27.4. The number of hydrogen-bond acceptors (Lipinski definition) is 0. The predicted molar refractivity (Wildman–Crippen MR) is 268 cm³/mol. The zero-order valence-corrected chi connectivity index (χ0v) is 35.4. The highest BCUT2D eigenvalue weighted by molar-refractivity contribution is 6.77. The summed E-state index contributed by atoms with van der Waals surface area (Å²) in [5.74, 6) is 3.11. The Morgan fingerprint density at radius 2 is 0.215 bits per heavy atom. The van der Waals surface area contributed by atoms with Crippen LogP contribution >= 0.6 is 0 Å². The third kappa shape index (κ3) is 1.20. The molecule has 0 nitrogen and oxygen atoms in total. The molecule has 0 aliphatic heterocycles. The fraction of sp³-hybridized carbons (Fsp3) is 0.231. The van der Waals surface area contributed by atoms with Crippen LogP contribution in [0.25, 0.3) is 215 Å². The van der Waals surface area contributed by atoms with Gasteiger partial charge in [0.15, 0.2) is 0 Å². The topological polar surface area (TPSA) is 0 Å². The highest BCUT2D eigenvalue weighted by Gasteiger charge is 2.85. The lowest BCUT2D eigenvalue weighted by Gasteiger charge is -2.62. The average molecular weight is 801 g/mol. The SMILES string of the molecule is CC12c3c4c5c6c7c8c9c%10c%11c%12c%13c%14c%15c%16c%17c%18c(c1c1c3c3c5c5c%19c6c9c6c9c%10c%13c%10c%13c%14c%17c%14c%17c%18c1c1c3c5c3c(c1%17)c(c%14%13)c(c9%10)c3c%196)C%16(C)C1C2C(C(C1C%15%12C)C8%11C)C47C. The molecule has 0 amide bonds. The first-order chi connectivity index (χ1) is 31.8. The van der Waals surface area contributed by atoms with Gasteiger partial charge in [0.1, 0.15) is 0 Å². The van der Waals surface area contributed by atoms with Gasteiger partial charge in [-0.3, -0.25) is 0 Å². The van der Waals surface area contributed by atoms with Crippen molar-refractivity contribution in [3.63, 3.8) is 0 Å². The molecule has 11 aliphatic rings. The van der Waals surface area contributed by atoms with Gasteiger partial charge in [-0.2, -0.15) is 0 Å². The molecule has 280 valence electrons. The zero-order chi connectivity index (χ0) is 39.3. The molecule has 1 saturated carbocycles. The molecule has 21 aromatic carbocycles. The highest BCUT2D eigenvalue weighted by Crippen LogP contribution is 2.93. The van der Waals surface area contributed by atoms with E-state index in [9.17, 15) is 0 Å². The summed E-state index contributed by atoms with van der Waals surface area (Å²) in [6.45, 7) is 14.8. The Labute approximate surface area is 360 Å². The Hall–Kier alpha value is -6.50. The molecule has 1 fully saturated rings. The monoisotopic (exact) mass is 800 g/mol. The summed E-state index contributed by atoms with van der Waals surface area (Å²) < 4.78 is 0. The summed E-state index contributed by atoms with van der Waals surface area (Å²) in [4.78, 5) is 0. The summed E-state index contributed by atoms with van der Waals surface area (Å²) in [6.07, 6.45) is 0. The van der Waals surface area contributed by atoms with Crippen LogP contribution in [0.4, 0.5) is 0 Å². The van der Waals surface area contributed by atoms with Crippen LogP contribution in [0.15, 0.2) is 0 Å². The molecule has 0 N–H and O–H groups in total. The lowest BCUT2D eigenvalue weighted by atomic mass is 9.40. The Morgan fingerprint density at radius 1 is 0.138 bits per heavy atom. The summed E-state index contributed by atoms with van der Waals surface area (Å²) in [5, 5.41) is 69.5. The van der Waals surface area contributed by atoms with Crippen molar-refractivity contribution in [1.29, 1.82) is 0 Å². The van der Waals surface area contributed by atoms with Gasteiger partial charge in [0, 0.05) is 27.1 Å². The molecule has 65 heavy (non-hydrogen) atoms. The van der Waals surface area contributed by atoms with Crippen molar-refractivity contribution in [2.75, 3.05) is 0 Å². The van der Waals surface area contributed by atoms with Crippen LogP contribution in [-0.4, -0.2) is 0 Å². The molecule has 32 rings (SSSR count). The third-order valence-electron chi connectivity index (χ3n) is 28.0. The maximum Gasteiger partial charge on any atom is 0.0228 e. The predicted octanol–water partition coefficient (Wildman–Crippen LogP) is 15.9. The highest BCUT2D eigenvalue weighted by atomic mass is 14.9. The van der Waals surface area contributed by atoms with Crippen LogP contribution < -0.4 is 0 Å². The van der Waals surface area contributed by atoms with Gasteiger partial charge in [0.25, 0.3) is 0 Å². The van der Waals surface area contributed by atoms with Gasteiger partial charge < -0.3 is 0 Å². The molecule has 21 aromatic rings. The molecule has 0 unspecified atom stereocenters. The van der Waals surface area contributed by atoms with E-state index >= 15 is 0 Å². The van der Waals surface area contributed by atoms with Crippen molar-refractivity contribution in [3.8, 4) is 0 Å². The minimum atomic E-state index is 0.00759. The van der Waals surface area contributed by atoms with E-state index in [1.807, 2.05) is 55.6 Å². The fourth-order valence-electron chi connectivity index (χ4n) is 28.4. The van der Waals surface area contributed by atoms with Crippen molar-refractivity contribution in [2.24, 2.45) is 29.6 Å². The molecule has 0 heteroatoms. The Bertz CT molecular complexity index is 5210. The van der Waals surface area contributed by atoms with E-state index in [1.54, 1.807) is 215 Å². The molecule has 0 aromatic heterocycles. The van der Waals surface area contributed by atoms with E-state index in [4.69, 9.17) is 0 Å². The van der Waals surface area contributed by atoms with Crippen molar-refractivity contribution in [2.45, 2.75) is 61.7 Å². The summed E-state index contributed by atoms with van der Waals surface area (Å²) in [5.41, 5.74) is 18.9. The quantitative estimate of drug-likeness (QED) is 0.134. The second-order valence-electron chi connectivity index (χ2n) is 27.4. The Morgan fingerprint density at radius 3 is 0.308 bits per heavy atom. The fourth-order valence-corrected chi connectivity index (χ4v) is 28.4. The molecule has 0 heterocycles. The van der Waals surface area contributed by atoms with E-state index in [2.05, 4.69) is 34.6 Å². The maximum atomic E-state index is 2.95. The molecule has 0 spiro atoms. The average Bonchev–Trinajstić information content (AvgIpc) is 4.15. The molecular weight excluding hydrogens is 781 g/mol. The first-order valence-corrected chi connectivity index (χ1v) is 25.6. The van der Waals surface area contributed by atoms with Crippen LogP contribution in [0, 0.1) is 29.6 Å². The van der Waals surface area contributed by atoms with Crippen molar-refractivity contribution in [3.05, 3.63) is 55.6 Å². The van der Waals surface area contributed by atoms with Gasteiger partial charge in [-0.05, 0) is 301 Å². The lowest BCUT2D eigenvalue weighted by Crippen LogP contribution is -2.59. The first kappa shape index (κ1) is 24.7. The van der Waals surface area contributed by atoms with Gasteiger partial charge >= 0.3 is 0 Å². The van der Waals surface area contributed by atoms with Gasteiger partial charge in [-0.15, -0.1) is 0 Å². The van der Waals surface area contributed by atoms with Crippen LogP contribution in [0.1, 0.15) is 90.3 Å². The van der Waals surface area contributed by atoms with Gasteiger partial charge in [0.05, 0.1) is 0 Å². The summed E-state index contributed by atoms with van der Waals surface area (Å²) >= 11 is 0. The number of rotatable bonds is 0. The molecule has 0 radical (unpaired) electrons. The van der Waals surface area contributed by atoms with E-state index in [-0.39, 0.29) is 27.1 Å². The molecular formula is C65H20. The minimum absolute atomic E-state index is 0.00759. The van der Waals surface area contributed by atoms with Crippen LogP contribution in [0.2, 0.25) is 0 Å². The number of benzene rings is 15. The Balaban J connectivity index is 1.23. The van der Waals surface area contributed by atoms with E-state index in [1.165, 1.54) is 0 Å². The largest absolute Gasteiger partial charge is 0.0511 e. The lowest BCUT2D eigenvalue weighted by molar-refractivity contribution is 0.0649. The standard InChI is InChI=1S/C65H20/c1-61-46-36-26-16-11-6-7-9-10-8(6)13-20-18(11)28(26)38-40-30(20)32-22(13)24-15(10)25-23-14(9)21-19-12(7)17(16)27-29(19)39-41-31(21)33(23)43-45-35(25)34(24)44-42(32)52-50(40)62(2,48(38)46)57-56(61)58-60-59(57)64(52,4)54(44)55(45)65(60,5)53(43)51(41)63(58,3)49(39)47(61)37(27)36/h56-60H,1-5H3. The van der Waals surface area contributed by atoms with Crippen LogP contribution in [0.3, 0.4) is 0 Å². The molecule has 11 aliphatic carbocycles. The van der Waals surface area contributed by atoms with E-state index in [0.717, 1.165) is 0 Å². The summed E-state index contributed by atoms with van der Waals surface area (Å²) in [7, 11) is 0.